The van der Waals surface area contributed by atoms with E-state index in [9.17, 15) is 14.3 Å². The van der Waals surface area contributed by atoms with E-state index < -0.39 is 11.9 Å². The molecule has 2 heterocycles. The maximum atomic E-state index is 13.2. The number of aliphatic hydroxyl groups is 1. The van der Waals surface area contributed by atoms with Crippen LogP contribution in [0.3, 0.4) is 0 Å². The van der Waals surface area contributed by atoms with Crippen LogP contribution in [0.2, 0.25) is 5.02 Å². The number of halogens is 2. The molecule has 0 aromatic heterocycles. The lowest BCUT2D eigenvalue weighted by molar-refractivity contribution is -0.121. The molecule has 1 amide bonds. The van der Waals surface area contributed by atoms with Crippen LogP contribution < -0.4 is 5.32 Å². The van der Waals surface area contributed by atoms with Crippen molar-refractivity contribution in [2.75, 3.05) is 13.2 Å². The normalized spacial score (nSPS) is 31.2. The molecule has 3 rings (SSSR count). The summed E-state index contributed by atoms with van der Waals surface area (Å²) in [5.74, 6) is -0.743. The zero-order chi connectivity index (χ0) is 15.0. The van der Waals surface area contributed by atoms with E-state index in [2.05, 4.69) is 5.32 Å². The van der Waals surface area contributed by atoms with Gasteiger partial charge in [-0.2, -0.15) is 0 Å². The second-order valence-corrected chi connectivity index (χ2v) is 5.73. The van der Waals surface area contributed by atoms with E-state index in [1.54, 1.807) is 6.07 Å². The lowest BCUT2D eigenvalue weighted by Crippen LogP contribution is -2.44. The number of nitrogens with one attached hydrogen (secondary N) is 1. The zero-order valence-electron chi connectivity index (χ0n) is 11.1. The molecule has 114 valence electrons. The highest BCUT2D eigenvalue weighted by Crippen LogP contribution is 2.27. The molecule has 2 aliphatic rings. The Morgan fingerprint density at radius 2 is 2.10 bits per heavy atom. The predicted molar refractivity (Wildman–Crippen MR) is 72.5 cm³/mol. The monoisotopic (exact) mass is 315 g/mol. The summed E-state index contributed by atoms with van der Waals surface area (Å²) >= 11 is 5.75. The van der Waals surface area contributed by atoms with Gasteiger partial charge in [0, 0.05) is 5.02 Å². The Bertz CT molecular complexity index is 536. The Morgan fingerprint density at radius 1 is 1.33 bits per heavy atom. The molecular formula is C14H15ClFNO4. The van der Waals surface area contributed by atoms with Crippen molar-refractivity contribution < 1.29 is 23.8 Å². The number of amides is 1. The average Bonchev–Trinajstić information content (AvgIpc) is 2.93. The van der Waals surface area contributed by atoms with E-state index in [1.165, 1.54) is 12.1 Å². The van der Waals surface area contributed by atoms with Gasteiger partial charge in [0.15, 0.2) is 0 Å². The summed E-state index contributed by atoms with van der Waals surface area (Å²) in [6, 6.07) is 3.71. The number of benzene rings is 1. The fourth-order valence-corrected chi connectivity index (χ4v) is 3.00. The molecule has 4 atom stereocenters. The highest BCUT2D eigenvalue weighted by molar-refractivity contribution is 6.30. The Balaban J connectivity index is 1.59. The first-order chi connectivity index (χ1) is 10.0. The summed E-state index contributed by atoms with van der Waals surface area (Å²) in [6.45, 7) is 0.503. The van der Waals surface area contributed by atoms with Crippen molar-refractivity contribution in [2.24, 2.45) is 0 Å². The maximum absolute atomic E-state index is 13.2. The van der Waals surface area contributed by atoms with Gasteiger partial charge >= 0.3 is 0 Å². The third-order valence-electron chi connectivity index (χ3n) is 3.66. The number of hydrogen-bond acceptors (Lipinski definition) is 4. The van der Waals surface area contributed by atoms with Gasteiger partial charge in [-0.15, -0.1) is 0 Å². The van der Waals surface area contributed by atoms with Crippen LogP contribution in [0.25, 0.3) is 0 Å². The second kappa shape index (κ2) is 5.88. The standard InChI is InChI=1S/C14H15ClFNO4/c15-8-1-7(2-9(16)4-8)3-12(19)17-10-5-20-14-11(18)6-21-13(10)14/h1-2,4,10-11,13-14,18H,3,5-6H2,(H,17,19)/t10-,11-,13-,14-/m1/s1. The van der Waals surface area contributed by atoms with Gasteiger partial charge in [0.05, 0.1) is 25.7 Å². The van der Waals surface area contributed by atoms with Crippen molar-refractivity contribution in [3.8, 4) is 0 Å². The first kappa shape index (κ1) is 14.7. The predicted octanol–water partition coefficient (Wildman–Crippen LogP) is 0.665. The minimum absolute atomic E-state index is 0.0217. The molecule has 0 unspecified atom stereocenters. The molecule has 0 aliphatic carbocycles. The fraction of sp³-hybridized carbons (Fsp3) is 0.500. The van der Waals surface area contributed by atoms with Crippen LogP contribution in [0.15, 0.2) is 18.2 Å². The van der Waals surface area contributed by atoms with E-state index in [0.717, 1.165) is 0 Å². The van der Waals surface area contributed by atoms with Gasteiger partial charge in [-0.3, -0.25) is 4.79 Å². The third kappa shape index (κ3) is 3.18. The van der Waals surface area contributed by atoms with E-state index >= 15 is 0 Å². The Labute approximate surface area is 126 Å². The van der Waals surface area contributed by atoms with Crippen molar-refractivity contribution in [2.45, 2.75) is 30.8 Å². The summed E-state index contributed by atoms with van der Waals surface area (Å²) in [6.07, 6.45) is -1.36. The van der Waals surface area contributed by atoms with Crippen molar-refractivity contribution in [3.05, 3.63) is 34.6 Å². The quantitative estimate of drug-likeness (QED) is 0.860. The van der Waals surface area contributed by atoms with Crippen LogP contribution in [0.1, 0.15) is 5.56 Å². The molecule has 2 aliphatic heterocycles. The topological polar surface area (TPSA) is 67.8 Å². The molecule has 0 saturated carbocycles. The van der Waals surface area contributed by atoms with Crippen LogP contribution in [0, 0.1) is 5.82 Å². The third-order valence-corrected chi connectivity index (χ3v) is 3.88. The van der Waals surface area contributed by atoms with Crippen molar-refractivity contribution in [1.29, 1.82) is 0 Å². The fourth-order valence-electron chi connectivity index (χ4n) is 2.76. The van der Waals surface area contributed by atoms with Gasteiger partial charge in [-0.05, 0) is 23.8 Å². The molecule has 2 saturated heterocycles. The lowest BCUT2D eigenvalue weighted by Gasteiger charge is -2.17. The lowest BCUT2D eigenvalue weighted by atomic mass is 10.1. The van der Waals surface area contributed by atoms with Gasteiger partial charge in [0.2, 0.25) is 5.91 Å². The van der Waals surface area contributed by atoms with Crippen LogP contribution in [-0.4, -0.2) is 48.6 Å². The highest BCUT2D eigenvalue weighted by Gasteiger charge is 2.47. The molecule has 21 heavy (non-hydrogen) atoms. The van der Waals surface area contributed by atoms with E-state index in [0.29, 0.717) is 12.2 Å². The number of carbonyl (C=O) groups is 1. The summed E-state index contributed by atoms with van der Waals surface area (Å²) < 4.78 is 24.1. The molecule has 0 spiro atoms. The molecular weight excluding hydrogens is 301 g/mol. The molecule has 2 fully saturated rings. The molecule has 0 bridgehead atoms. The van der Waals surface area contributed by atoms with Crippen molar-refractivity contribution in [3.63, 3.8) is 0 Å². The first-order valence-electron chi connectivity index (χ1n) is 6.68. The average molecular weight is 316 g/mol. The smallest absolute Gasteiger partial charge is 0.224 e. The number of hydrogen-bond donors (Lipinski definition) is 2. The summed E-state index contributed by atoms with van der Waals surface area (Å²) in [4.78, 5) is 12.0. The number of rotatable bonds is 3. The van der Waals surface area contributed by atoms with Crippen LogP contribution >= 0.6 is 11.6 Å². The van der Waals surface area contributed by atoms with E-state index in [-0.39, 0.29) is 42.2 Å². The molecule has 2 N–H and O–H groups in total. The number of aliphatic hydroxyl groups excluding tert-OH is 1. The Kier molecular flexibility index (Phi) is 4.12. The summed E-state index contributed by atoms with van der Waals surface area (Å²) in [5.41, 5.74) is 0.500. The van der Waals surface area contributed by atoms with E-state index in [4.69, 9.17) is 21.1 Å². The number of ether oxygens (including phenoxy) is 2. The summed E-state index contributed by atoms with van der Waals surface area (Å²) in [5, 5.41) is 12.7. The second-order valence-electron chi connectivity index (χ2n) is 5.29. The van der Waals surface area contributed by atoms with Gasteiger partial charge in [-0.25, -0.2) is 4.39 Å². The largest absolute Gasteiger partial charge is 0.388 e. The minimum atomic E-state index is -0.654. The SMILES string of the molecule is O=C(Cc1cc(F)cc(Cl)c1)N[C@@H]1CO[C@H]2[C@@H]1OC[C@H]2O. The molecule has 1 aromatic carbocycles. The van der Waals surface area contributed by atoms with Gasteiger partial charge in [0.1, 0.15) is 24.1 Å². The van der Waals surface area contributed by atoms with Gasteiger partial charge in [0.25, 0.3) is 0 Å². The molecule has 5 nitrogen and oxygen atoms in total. The highest BCUT2D eigenvalue weighted by atomic mass is 35.5. The van der Waals surface area contributed by atoms with Crippen LogP contribution in [-0.2, 0) is 20.7 Å². The van der Waals surface area contributed by atoms with Gasteiger partial charge < -0.3 is 19.9 Å². The maximum Gasteiger partial charge on any atom is 0.224 e. The van der Waals surface area contributed by atoms with Crippen molar-refractivity contribution in [1.82, 2.24) is 5.32 Å². The first-order valence-corrected chi connectivity index (χ1v) is 7.06. The van der Waals surface area contributed by atoms with Crippen LogP contribution in [0.5, 0.6) is 0 Å². The molecule has 1 aromatic rings. The van der Waals surface area contributed by atoms with Crippen LogP contribution in [0.4, 0.5) is 4.39 Å². The molecule has 7 heteroatoms. The van der Waals surface area contributed by atoms with E-state index in [1.807, 2.05) is 0 Å². The minimum Gasteiger partial charge on any atom is -0.388 e. The Morgan fingerprint density at radius 3 is 2.86 bits per heavy atom. The Hall–Kier alpha value is -1.21. The van der Waals surface area contributed by atoms with Gasteiger partial charge in [-0.1, -0.05) is 11.6 Å². The zero-order valence-corrected chi connectivity index (χ0v) is 11.8. The molecule has 0 radical (unpaired) electrons. The van der Waals surface area contributed by atoms with Crippen molar-refractivity contribution >= 4 is 17.5 Å². The number of carbonyl (C=O) groups excluding carboxylic acids is 1. The summed E-state index contributed by atoms with van der Waals surface area (Å²) in [7, 11) is 0. The number of fused-ring (bicyclic) bond motifs is 1.